The zero-order valence-corrected chi connectivity index (χ0v) is 10.8. The molecule has 0 aliphatic carbocycles. The van der Waals surface area contributed by atoms with E-state index in [2.05, 4.69) is 37.7 Å². The highest BCUT2D eigenvalue weighted by Gasteiger charge is 2.21. The number of nitrogens with zero attached hydrogens (tertiary/aromatic N) is 1. The summed E-state index contributed by atoms with van der Waals surface area (Å²) in [5, 5.41) is 0. The maximum Gasteiger partial charge on any atom is 0.151 e. The van der Waals surface area contributed by atoms with Gasteiger partial charge in [-0.3, -0.25) is 0 Å². The van der Waals surface area contributed by atoms with Crippen LogP contribution >= 0.6 is 0 Å². The third-order valence-corrected chi connectivity index (χ3v) is 3.49. The van der Waals surface area contributed by atoms with Crippen molar-refractivity contribution in [1.82, 2.24) is 9.97 Å². The number of aromatic nitrogens is 2. The molecule has 1 aromatic carbocycles. The first-order valence-corrected chi connectivity index (χ1v) is 6.01. The standard InChI is InChI=1S/C14H19FN2/c1-9(14(2,3)4)8-12-16-11-7-5-6-10(15)13(11)17-12/h5-7,9H,8H2,1-4H3,(H,16,17). The van der Waals surface area contributed by atoms with Gasteiger partial charge in [-0.25, -0.2) is 9.37 Å². The van der Waals surface area contributed by atoms with Gasteiger partial charge in [0.15, 0.2) is 5.82 Å². The van der Waals surface area contributed by atoms with Crippen molar-refractivity contribution in [3.05, 3.63) is 29.8 Å². The minimum atomic E-state index is -0.256. The highest BCUT2D eigenvalue weighted by Crippen LogP contribution is 2.28. The maximum atomic E-state index is 13.5. The maximum absolute atomic E-state index is 13.5. The summed E-state index contributed by atoms with van der Waals surface area (Å²) in [4.78, 5) is 7.52. The van der Waals surface area contributed by atoms with E-state index < -0.39 is 0 Å². The largest absolute Gasteiger partial charge is 0.342 e. The van der Waals surface area contributed by atoms with E-state index in [1.165, 1.54) is 6.07 Å². The lowest BCUT2D eigenvalue weighted by molar-refractivity contribution is 0.257. The fourth-order valence-electron chi connectivity index (χ4n) is 1.74. The molecule has 2 aromatic rings. The Morgan fingerprint density at radius 1 is 1.35 bits per heavy atom. The summed E-state index contributed by atoms with van der Waals surface area (Å²) in [6.45, 7) is 8.83. The van der Waals surface area contributed by atoms with Crippen molar-refractivity contribution < 1.29 is 4.39 Å². The zero-order valence-electron chi connectivity index (χ0n) is 10.8. The van der Waals surface area contributed by atoms with Crippen LogP contribution in [0, 0.1) is 17.2 Å². The molecular formula is C14H19FN2. The molecule has 2 rings (SSSR count). The van der Waals surface area contributed by atoms with Gasteiger partial charge in [-0.2, -0.15) is 0 Å². The van der Waals surface area contributed by atoms with Crippen LogP contribution in [0.4, 0.5) is 4.39 Å². The Morgan fingerprint density at radius 2 is 2.06 bits per heavy atom. The van der Waals surface area contributed by atoms with Crippen molar-refractivity contribution in [3.8, 4) is 0 Å². The van der Waals surface area contributed by atoms with Crippen LogP contribution in [0.2, 0.25) is 0 Å². The average molecular weight is 234 g/mol. The Bertz CT molecular complexity index is 522. The van der Waals surface area contributed by atoms with Gasteiger partial charge in [0.25, 0.3) is 0 Å². The molecule has 0 saturated carbocycles. The van der Waals surface area contributed by atoms with Crippen molar-refractivity contribution in [2.45, 2.75) is 34.1 Å². The topological polar surface area (TPSA) is 28.7 Å². The molecule has 2 nitrogen and oxygen atoms in total. The number of halogens is 1. The molecule has 0 fully saturated rings. The highest BCUT2D eigenvalue weighted by atomic mass is 19.1. The molecule has 1 heterocycles. The number of imidazole rings is 1. The quantitative estimate of drug-likeness (QED) is 0.838. The van der Waals surface area contributed by atoms with Gasteiger partial charge in [0.1, 0.15) is 11.3 Å². The lowest BCUT2D eigenvalue weighted by atomic mass is 9.80. The molecule has 1 unspecified atom stereocenters. The number of H-pyrrole nitrogens is 1. The zero-order chi connectivity index (χ0) is 12.6. The van der Waals surface area contributed by atoms with E-state index in [-0.39, 0.29) is 11.2 Å². The molecule has 17 heavy (non-hydrogen) atoms. The molecule has 0 spiro atoms. The Hall–Kier alpha value is -1.38. The second kappa shape index (κ2) is 4.13. The normalized spacial score (nSPS) is 14.2. The molecule has 0 aliphatic rings. The molecule has 1 aromatic heterocycles. The van der Waals surface area contributed by atoms with Crippen molar-refractivity contribution in [2.24, 2.45) is 11.3 Å². The van der Waals surface area contributed by atoms with Crippen molar-refractivity contribution >= 4 is 11.0 Å². The van der Waals surface area contributed by atoms with E-state index in [1.54, 1.807) is 6.07 Å². The molecular weight excluding hydrogens is 215 g/mol. The summed E-state index contributed by atoms with van der Waals surface area (Å²) in [6.07, 6.45) is 0.845. The summed E-state index contributed by atoms with van der Waals surface area (Å²) < 4.78 is 13.5. The van der Waals surface area contributed by atoms with Crippen LogP contribution in [-0.4, -0.2) is 9.97 Å². The van der Waals surface area contributed by atoms with Gasteiger partial charge in [0.2, 0.25) is 0 Å². The van der Waals surface area contributed by atoms with Crippen molar-refractivity contribution in [3.63, 3.8) is 0 Å². The summed E-state index contributed by atoms with van der Waals surface area (Å²) in [5.41, 5.74) is 1.46. The van der Waals surface area contributed by atoms with Gasteiger partial charge in [0.05, 0.1) is 5.52 Å². The van der Waals surface area contributed by atoms with Crippen LogP contribution in [0.3, 0.4) is 0 Å². The smallest absolute Gasteiger partial charge is 0.151 e. The SMILES string of the molecule is CC(Cc1nc2c(F)cccc2[nH]1)C(C)(C)C. The monoisotopic (exact) mass is 234 g/mol. The van der Waals surface area contributed by atoms with Gasteiger partial charge < -0.3 is 4.98 Å². The Labute approximate surface area is 101 Å². The fourth-order valence-corrected chi connectivity index (χ4v) is 1.74. The molecule has 3 heteroatoms. The van der Waals surface area contributed by atoms with E-state index in [1.807, 2.05) is 6.07 Å². The minimum absolute atomic E-state index is 0.234. The van der Waals surface area contributed by atoms with E-state index in [9.17, 15) is 4.39 Å². The van der Waals surface area contributed by atoms with Gasteiger partial charge in [-0.05, 0) is 23.5 Å². The number of para-hydroxylation sites is 1. The van der Waals surface area contributed by atoms with Crippen LogP contribution in [0.25, 0.3) is 11.0 Å². The minimum Gasteiger partial charge on any atom is -0.342 e. The molecule has 0 amide bonds. The number of nitrogens with one attached hydrogen (secondary N) is 1. The molecule has 0 saturated heterocycles. The summed E-state index contributed by atoms with van der Waals surface area (Å²) in [5.74, 6) is 1.10. The number of rotatable bonds is 2. The molecule has 1 N–H and O–H groups in total. The predicted molar refractivity (Wildman–Crippen MR) is 68.4 cm³/mol. The number of benzene rings is 1. The molecule has 92 valence electrons. The third-order valence-electron chi connectivity index (χ3n) is 3.49. The second-order valence-electron chi connectivity index (χ2n) is 5.79. The average Bonchev–Trinajstić information content (AvgIpc) is 2.60. The molecule has 0 radical (unpaired) electrons. The van der Waals surface area contributed by atoms with Crippen LogP contribution in [-0.2, 0) is 6.42 Å². The molecule has 1 atom stereocenters. The molecule has 0 bridgehead atoms. The third kappa shape index (κ3) is 2.48. The summed E-state index contributed by atoms with van der Waals surface area (Å²) in [7, 11) is 0. The fraction of sp³-hybridized carbons (Fsp3) is 0.500. The van der Waals surface area contributed by atoms with E-state index >= 15 is 0 Å². The van der Waals surface area contributed by atoms with Gasteiger partial charge >= 0.3 is 0 Å². The van der Waals surface area contributed by atoms with E-state index in [0.717, 1.165) is 17.8 Å². The number of hydrogen-bond donors (Lipinski definition) is 1. The van der Waals surface area contributed by atoms with Crippen molar-refractivity contribution in [1.29, 1.82) is 0 Å². The summed E-state index contributed by atoms with van der Waals surface area (Å²) in [6, 6.07) is 5.00. The summed E-state index contributed by atoms with van der Waals surface area (Å²) >= 11 is 0. The Balaban J connectivity index is 2.29. The number of fused-ring (bicyclic) bond motifs is 1. The first-order chi connectivity index (χ1) is 7.88. The highest BCUT2D eigenvalue weighted by molar-refractivity contribution is 5.75. The number of hydrogen-bond acceptors (Lipinski definition) is 1. The Kier molecular flexibility index (Phi) is 2.94. The van der Waals surface area contributed by atoms with Crippen LogP contribution in [0.5, 0.6) is 0 Å². The van der Waals surface area contributed by atoms with E-state index in [0.29, 0.717) is 11.4 Å². The van der Waals surface area contributed by atoms with Crippen LogP contribution < -0.4 is 0 Å². The van der Waals surface area contributed by atoms with Gasteiger partial charge in [0, 0.05) is 6.42 Å². The van der Waals surface area contributed by atoms with E-state index in [4.69, 9.17) is 0 Å². The van der Waals surface area contributed by atoms with Crippen LogP contribution in [0.1, 0.15) is 33.5 Å². The van der Waals surface area contributed by atoms with Crippen LogP contribution in [0.15, 0.2) is 18.2 Å². The first-order valence-electron chi connectivity index (χ1n) is 6.01. The molecule has 0 aliphatic heterocycles. The van der Waals surface area contributed by atoms with Crippen molar-refractivity contribution in [2.75, 3.05) is 0 Å². The Morgan fingerprint density at radius 3 is 2.65 bits per heavy atom. The first kappa shape index (κ1) is 12.1. The van der Waals surface area contributed by atoms with Gasteiger partial charge in [-0.1, -0.05) is 33.8 Å². The number of aromatic amines is 1. The lowest BCUT2D eigenvalue weighted by Gasteiger charge is -2.26. The van der Waals surface area contributed by atoms with Gasteiger partial charge in [-0.15, -0.1) is 0 Å². The predicted octanol–water partition coefficient (Wildman–Crippen LogP) is 3.93. The second-order valence-corrected chi connectivity index (χ2v) is 5.79. The lowest BCUT2D eigenvalue weighted by Crippen LogP contribution is -2.19.